The van der Waals surface area contributed by atoms with E-state index in [4.69, 9.17) is 0 Å². The molecule has 0 aromatic carbocycles. The summed E-state index contributed by atoms with van der Waals surface area (Å²) < 4.78 is 0. The molecule has 0 saturated heterocycles. The summed E-state index contributed by atoms with van der Waals surface area (Å²) in [5.74, 6) is 0. The molecule has 0 aromatic rings. The lowest BCUT2D eigenvalue weighted by Gasteiger charge is -2.19. The highest BCUT2D eigenvalue weighted by Crippen LogP contribution is 2.05. The van der Waals surface area contributed by atoms with E-state index in [1.807, 2.05) is 26.0 Å². The molecular weight excluding hydrogens is 146 g/mol. The highest BCUT2D eigenvalue weighted by molar-refractivity contribution is 5.12. The largest absolute Gasteiger partial charge is 0.303 e. The Morgan fingerprint density at radius 1 is 1.33 bits per heavy atom. The first-order chi connectivity index (χ1) is 5.59. The zero-order chi connectivity index (χ0) is 10.1. The molecule has 0 heterocycles. The Hall–Kier alpha value is -0.560. The zero-order valence-corrected chi connectivity index (χ0v) is 9.39. The van der Waals surface area contributed by atoms with E-state index in [2.05, 4.69) is 39.4 Å². The summed E-state index contributed by atoms with van der Waals surface area (Å²) in [6, 6.07) is 0.512. The Kier molecular flexibility index (Phi) is 9.95. The topological polar surface area (TPSA) is 3.24 Å². The molecule has 0 spiro atoms. The fourth-order valence-electron chi connectivity index (χ4n) is 0.732. The fraction of sp³-hybridized carbons (Fsp3) is 0.636. The molecule has 0 fully saturated rings. The molecule has 0 amide bonds. The molecule has 0 N–H and O–H groups in total. The lowest BCUT2D eigenvalue weighted by molar-refractivity contribution is 0.350. The second-order valence-electron chi connectivity index (χ2n) is 2.79. The van der Waals surface area contributed by atoms with Crippen molar-refractivity contribution in [1.29, 1.82) is 0 Å². The van der Waals surface area contributed by atoms with Crippen LogP contribution in [0.4, 0.5) is 0 Å². The third-order valence-corrected chi connectivity index (χ3v) is 1.81. The first kappa shape index (κ1) is 14.0. The summed E-state index contributed by atoms with van der Waals surface area (Å²) in [6.45, 7) is 11.9. The van der Waals surface area contributed by atoms with Gasteiger partial charge in [-0.25, -0.2) is 0 Å². The Bertz CT molecular complexity index is 134. The average molecular weight is 169 g/mol. The second kappa shape index (κ2) is 8.54. The van der Waals surface area contributed by atoms with Crippen LogP contribution < -0.4 is 0 Å². The van der Waals surface area contributed by atoms with Gasteiger partial charge in [0.2, 0.25) is 0 Å². The highest BCUT2D eigenvalue weighted by Gasteiger charge is 2.03. The predicted octanol–water partition coefficient (Wildman–Crippen LogP) is 3.10. The summed E-state index contributed by atoms with van der Waals surface area (Å²) in [7, 11) is 4.15. The van der Waals surface area contributed by atoms with Gasteiger partial charge in [0.15, 0.2) is 0 Å². The number of nitrogens with zero attached hydrogens (tertiary/aromatic N) is 1. The van der Waals surface area contributed by atoms with Gasteiger partial charge in [0.05, 0.1) is 0 Å². The predicted molar refractivity (Wildman–Crippen MR) is 58.5 cm³/mol. The molecule has 0 aliphatic rings. The summed E-state index contributed by atoms with van der Waals surface area (Å²) in [5.41, 5.74) is 1.35. The SMILES string of the molecule is C=C/C=C(\C)C(C)N(C)C.CC. The first-order valence-corrected chi connectivity index (χ1v) is 4.55. The number of rotatable bonds is 3. The van der Waals surface area contributed by atoms with Crippen LogP contribution in [0.2, 0.25) is 0 Å². The molecule has 0 rings (SSSR count). The van der Waals surface area contributed by atoms with Gasteiger partial charge in [-0.15, -0.1) is 0 Å². The number of likely N-dealkylation sites (N-methyl/N-ethyl adjacent to an activating group) is 1. The van der Waals surface area contributed by atoms with Gasteiger partial charge in [-0.3, -0.25) is 0 Å². The lowest BCUT2D eigenvalue weighted by atomic mass is 10.1. The van der Waals surface area contributed by atoms with E-state index in [1.165, 1.54) is 5.57 Å². The van der Waals surface area contributed by atoms with Crippen LogP contribution >= 0.6 is 0 Å². The van der Waals surface area contributed by atoms with Crippen LogP contribution in [0.25, 0.3) is 0 Å². The van der Waals surface area contributed by atoms with Crippen molar-refractivity contribution in [2.24, 2.45) is 0 Å². The molecule has 0 saturated carbocycles. The minimum absolute atomic E-state index is 0.512. The normalized spacial score (nSPS) is 13.4. The van der Waals surface area contributed by atoms with Crippen molar-refractivity contribution in [3.63, 3.8) is 0 Å². The number of hydrogen-bond acceptors (Lipinski definition) is 1. The molecule has 0 aromatic heterocycles. The third kappa shape index (κ3) is 6.17. The zero-order valence-electron chi connectivity index (χ0n) is 9.39. The monoisotopic (exact) mass is 169 g/mol. The molecule has 72 valence electrons. The molecular formula is C11H23N. The van der Waals surface area contributed by atoms with Crippen LogP contribution in [-0.2, 0) is 0 Å². The van der Waals surface area contributed by atoms with Crippen LogP contribution in [-0.4, -0.2) is 25.0 Å². The van der Waals surface area contributed by atoms with Gasteiger partial charge in [0.25, 0.3) is 0 Å². The van der Waals surface area contributed by atoms with Gasteiger partial charge in [-0.1, -0.05) is 38.2 Å². The second-order valence-corrected chi connectivity index (χ2v) is 2.79. The summed E-state index contributed by atoms with van der Waals surface area (Å²) in [4.78, 5) is 2.18. The maximum Gasteiger partial charge on any atom is 0.0273 e. The quantitative estimate of drug-likeness (QED) is 0.587. The molecule has 0 radical (unpaired) electrons. The van der Waals surface area contributed by atoms with E-state index in [-0.39, 0.29) is 0 Å². The van der Waals surface area contributed by atoms with E-state index in [0.717, 1.165) is 0 Å². The molecule has 1 unspecified atom stereocenters. The maximum absolute atomic E-state index is 3.65. The van der Waals surface area contributed by atoms with Gasteiger partial charge in [0, 0.05) is 6.04 Å². The Labute approximate surface area is 77.8 Å². The maximum atomic E-state index is 3.65. The number of hydrogen-bond donors (Lipinski definition) is 0. The summed E-state index contributed by atoms with van der Waals surface area (Å²) in [5, 5.41) is 0. The molecule has 0 aliphatic carbocycles. The average Bonchev–Trinajstić information content (AvgIpc) is 2.07. The van der Waals surface area contributed by atoms with Crippen molar-refractivity contribution in [2.45, 2.75) is 33.7 Å². The van der Waals surface area contributed by atoms with E-state index >= 15 is 0 Å². The Morgan fingerprint density at radius 2 is 1.75 bits per heavy atom. The van der Waals surface area contributed by atoms with E-state index in [1.54, 1.807) is 0 Å². The van der Waals surface area contributed by atoms with Crippen LogP contribution in [0.1, 0.15) is 27.7 Å². The Morgan fingerprint density at radius 3 is 2.00 bits per heavy atom. The van der Waals surface area contributed by atoms with Crippen LogP contribution in [0, 0.1) is 0 Å². The van der Waals surface area contributed by atoms with Gasteiger partial charge in [0.1, 0.15) is 0 Å². The van der Waals surface area contributed by atoms with E-state index in [0.29, 0.717) is 6.04 Å². The van der Waals surface area contributed by atoms with E-state index in [9.17, 15) is 0 Å². The third-order valence-electron chi connectivity index (χ3n) is 1.81. The minimum Gasteiger partial charge on any atom is -0.303 e. The van der Waals surface area contributed by atoms with Crippen molar-refractivity contribution in [3.8, 4) is 0 Å². The first-order valence-electron chi connectivity index (χ1n) is 4.55. The van der Waals surface area contributed by atoms with Crippen molar-refractivity contribution in [2.75, 3.05) is 14.1 Å². The van der Waals surface area contributed by atoms with Crippen molar-refractivity contribution < 1.29 is 0 Å². The summed E-state index contributed by atoms with van der Waals surface area (Å²) in [6.07, 6.45) is 3.88. The van der Waals surface area contributed by atoms with Gasteiger partial charge in [-0.05, 0) is 27.9 Å². The Balaban J connectivity index is 0. The van der Waals surface area contributed by atoms with Crippen LogP contribution in [0.15, 0.2) is 24.3 Å². The molecule has 1 nitrogen and oxygen atoms in total. The van der Waals surface area contributed by atoms with E-state index < -0.39 is 0 Å². The number of allylic oxidation sites excluding steroid dienone is 2. The van der Waals surface area contributed by atoms with Crippen LogP contribution in [0.3, 0.4) is 0 Å². The molecule has 12 heavy (non-hydrogen) atoms. The molecule has 0 aliphatic heterocycles. The molecule has 1 heteroatoms. The highest BCUT2D eigenvalue weighted by atomic mass is 15.1. The van der Waals surface area contributed by atoms with Crippen molar-refractivity contribution in [3.05, 3.63) is 24.3 Å². The van der Waals surface area contributed by atoms with Gasteiger partial charge >= 0.3 is 0 Å². The van der Waals surface area contributed by atoms with Crippen LogP contribution in [0.5, 0.6) is 0 Å². The standard InChI is InChI=1S/C9H17N.C2H6/c1-6-7-8(2)9(3)10(4)5;1-2/h6-7,9H,1H2,2-5H3;1-2H3/b8-7+;. The smallest absolute Gasteiger partial charge is 0.0273 e. The summed E-state index contributed by atoms with van der Waals surface area (Å²) >= 11 is 0. The fourth-order valence-corrected chi connectivity index (χ4v) is 0.732. The van der Waals surface area contributed by atoms with Gasteiger partial charge < -0.3 is 4.90 Å². The lowest BCUT2D eigenvalue weighted by Crippen LogP contribution is -2.25. The minimum atomic E-state index is 0.512. The molecule has 0 bridgehead atoms. The van der Waals surface area contributed by atoms with Crippen molar-refractivity contribution >= 4 is 0 Å². The molecule has 1 atom stereocenters. The van der Waals surface area contributed by atoms with Crippen molar-refractivity contribution in [1.82, 2.24) is 4.90 Å². The van der Waals surface area contributed by atoms with Gasteiger partial charge in [-0.2, -0.15) is 0 Å².